The zero-order valence-electron chi connectivity index (χ0n) is 7.54. The van der Waals surface area contributed by atoms with Gasteiger partial charge in [-0.2, -0.15) is 8.78 Å². The van der Waals surface area contributed by atoms with Gasteiger partial charge in [0.25, 0.3) is 5.69 Å². The first-order valence-corrected chi connectivity index (χ1v) is 3.81. The number of alkyl halides is 2. The zero-order chi connectivity index (χ0) is 11.6. The highest BCUT2D eigenvalue weighted by atomic mass is 19.3. The minimum atomic E-state index is -3.22. The summed E-state index contributed by atoms with van der Waals surface area (Å²) < 4.78 is 40.3. The van der Waals surface area contributed by atoms with Gasteiger partial charge >= 0.3 is 6.61 Å². The molecule has 0 aliphatic carbocycles. The van der Waals surface area contributed by atoms with Crippen LogP contribution < -0.4 is 4.74 Å². The van der Waals surface area contributed by atoms with Crippen LogP contribution in [-0.2, 0) is 0 Å². The first kappa shape index (κ1) is 11.3. The third kappa shape index (κ3) is 2.58. The summed E-state index contributed by atoms with van der Waals surface area (Å²) in [5.41, 5.74) is -0.425. The number of benzene rings is 1. The second kappa shape index (κ2) is 4.16. The van der Waals surface area contributed by atoms with Gasteiger partial charge in [0.15, 0.2) is 11.6 Å². The van der Waals surface area contributed by atoms with Crippen LogP contribution in [0.2, 0.25) is 0 Å². The molecule has 15 heavy (non-hydrogen) atoms. The number of halogens is 3. The van der Waals surface area contributed by atoms with E-state index in [0.717, 1.165) is 6.07 Å². The van der Waals surface area contributed by atoms with Crippen LogP contribution in [0.1, 0.15) is 5.56 Å². The molecule has 0 fully saturated rings. The maximum Gasteiger partial charge on any atom is 0.387 e. The quantitative estimate of drug-likeness (QED) is 0.582. The third-order valence-corrected chi connectivity index (χ3v) is 1.66. The molecule has 1 rings (SSSR count). The summed E-state index contributed by atoms with van der Waals surface area (Å²) in [6, 6.07) is 1.41. The van der Waals surface area contributed by atoms with Crippen molar-refractivity contribution < 1.29 is 22.8 Å². The van der Waals surface area contributed by atoms with Crippen molar-refractivity contribution in [2.24, 2.45) is 0 Å². The highest BCUT2D eigenvalue weighted by Gasteiger charge is 2.18. The Morgan fingerprint density at radius 2 is 2.07 bits per heavy atom. The molecule has 0 unspecified atom stereocenters. The molecular weight excluding hydrogens is 215 g/mol. The van der Waals surface area contributed by atoms with Crippen molar-refractivity contribution in [3.05, 3.63) is 33.6 Å². The molecule has 0 saturated heterocycles. The Labute approximate surface area is 82.4 Å². The molecule has 0 heterocycles. The molecule has 4 nitrogen and oxygen atoms in total. The van der Waals surface area contributed by atoms with Crippen molar-refractivity contribution in [3.63, 3.8) is 0 Å². The molecule has 0 N–H and O–H groups in total. The molecule has 1 aromatic rings. The number of nitro benzene ring substituents is 1. The predicted octanol–water partition coefficient (Wildman–Crippen LogP) is 2.64. The van der Waals surface area contributed by atoms with Crippen molar-refractivity contribution >= 4 is 5.69 Å². The van der Waals surface area contributed by atoms with Crippen LogP contribution >= 0.6 is 0 Å². The van der Waals surface area contributed by atoms with Crippen LogP contribution in [-0.4, -0.2) is 11.5 Å². The van der Waals surface area contributed by atoms with E-state index in [9.17, 15) is 23.3 Å². The van der Waals surface area contributed by atoms with E-state index in [2.05, 4.69) is 4.74 Å². The summed E-state index contributed by atoms with van der Waals surface area (Å²) in [6.45, 7) is -1.92. The van der Waals surface area contributed by atoms with Crippen molar-refractivity contribution in [2.75, 3.05) is 0 Å². The van der Waals surface area contributed by atoms with Gasteiger partial charge in [-0.3, -0.25) is 10.1 Å². The Kier molecular flexibility index (Phi) is 3.13. The molecule has 82 valence electrons. The molecule has 0 aliphatic rings. The SMILES string of the molecule is Cc1cc(F)c(OC(F)F)cc1[N+](=O)[O-]. The number of aryl methyl sites for hydroxylation is 1. The van der Waals surface area contributed by atoms with E-state index < -0.39 is 28.8 Å². The van der Waals surface area contributed by atoms with E-state index in [1.165, 1.54) is 6.92 Å². The summed E-state index contributed by atoms with van der Waals surface area (Å²) in [5, 5.41) is 10.4. The van der Waals surface area contributed by atoms with E-state index in [0.29, 0.717) is 6.07 Å². The first-order valence-electron chi connectivity index (χ1n) is 3.81. The van der Waals surface area contributed by atoms with Crippen LogP contribution in [0, 0.1) is 22.9 Å². The van der Waals surface area contributed by atoms with Crippen LogP contribution in [0.15, 0.2) is 12.1 Å². The van der Waals surface area contributed by atoms with E-state index >= 15 is 0 Å². The summed E-state index contributed by atoms with van der Waals surface area (Å²) >= 11 is 0. The monoisotopic (exact) mass is 221 g/mol. The maximum atomic E-state index is 13.0. The smallest absolute Gasteiger partial charge is 0.387 e. The largest absolute Gasteiger partial charge is 0.431 e. The second-order valence-electron chi connectivity index (χ2n) is 2.70. The van der Waals surface area contributed by atoms with Gasteiger partial charge in [-0.1, -0.05) is 0 Å². The van der Waals surface area contributed by atoms with Gasteiger partial charge < -0.3 is 4.74 Å². The maximum absolute atomic E-state index is 13.0. The fourth-order valence-corrected chi connectivity index (χ4v) is 1.03. The van der Waals surface area contributed by atoms with E-state index in [1.807, 2.05) is 0 Å². The first-order chi connectivity index (χ1) is 6.91. The topological polar surface area (TPSA) is 52.4 Å². The van der Waals surface area contributed by atoms with Crippen LogP contribution in [0.5, 0.6) is 5.75 Å². The number of rotatable bonds is 3. The summed E-state index contributed by atoms with van der Waals surface area (Å²) in [4.78, 5) is 9.61. The second-order valence-corrected chi connectivity index (χ2v) is 2.70. The molecule has 0 aliphatic heterocycles. The number of hydrogen-bond donors (Lipinski definition) is 0. The molecule has 0 spiro atoms. The highest BCUT2D eigenvalue weighted by molar-refractivity contribution is 5.46. The highest BCUT2D eigenvalue weighted by Crippen LogP contribution is 2.28. The molecular formula is C8H6F3NO3. The van der Waals surface area contributed by atoms with E-state index in [1.54, 1.807) is 0 Å². The summed E-state index contributed by atoms with van der Waals surface area (Å²) in [5.74, 6) is -1.89. The van der Waals surface area contributed by atoms with Crippen molar-refractivity contribution in [2.45, 2.75) is 13.5 Å². The van der Waals surface area contributed by atoms with Crippen LogP contribution in [0.4, 0.5) is 18.9 Å². The van der Waals surface area contributed by atoms with Gasteiger partial charge in [0, 0.05) is 5.56 Å². The molecule has 0 bridgehead atoms. The Morgan fingerprint density at radius 1 is 1.47 bits per heavy atom. The van der Waals surface area contributed by atoms with Crippen molar-refractivity contribution in [1.82, 2.24) is 0 Å². The molecule has 0 amide bonds. The van der Waals surface area contributed by atoms with Gasteiger partial charge in [-0.15, -0.1) is 0 Å². The van der Waals surface area contributed by atoms with Gasteiger partial charge in [-0.05, 0) is 13.0 Å². The summed E-state index contributed by atoms with van der Waals surface area (Å²) in [6.07, 6.45) is 0. The molecule has 0 atom stereocenters. The predicted molar refractivity (Wildman–Crippen MR) is 44.4 cm³/mol. The Morgan fingerprint density at radius 3 is 2.53 bits per heavy atom. The number of ether oxygens (including phenoxy) is 1. The summed E-state index contributed by atoms with van der Waals surface area (Å²) in [7, 11) is 0. The molecule has 0 aromatic heterocycles. The molecule has 1 aromatic carbocycles. The average molecular weight is 221 g/mol. The molecule has 0 radical (unpaired) electrons. The lowest BCUT2D eigenvalue weighted by Crippen LogP contribution is -2.05. The zero-order valence-corrected chi connectivity index (χ0v) is 7.54. The van der Waals surface area contributed by atoms with Gasteiger partial charge in [0.2, 0.25) is 0 Å². The lowest BCUT2D eigenvalue weighted by Gasteiger charge is -2.06. The Bertz CT molecular complexity index is 395. The minimum absolute atomic E-state index is 0.0408. The fraction of sp³-hybridized carbons (Fsp3) is 0.250. The average Bonchev–Trinajstić information content (AvgIpc) is 2.08. The van der Waals surface area contributed by atoms with Crippen molar-refractivity contribution in [3.8, 4) is 5.75 Å². The van der Waals surface area contributed by atoms with E-state index in [-0.39, 0.29) is 5.56 Å². The minimum Gasteiger partial charge on any atom is -0.431 e. The van der Waals surface area contributed by atoms with Crippen molar-refractivity contribution in [1.29, 1.82) is 0 Å². The van der Waals surface area contributed by atoms with Crippen LogP contribution in [0.25, 0.3) is 0 Å². The lowest BCUT2D eigenvalue weighted by atomic mass is 10.2. The molecule has 0 saturated carbocycles. The van der Waals surface area contributed by atoms with Gasteiger partial charge in [-0.25, -0.2) is 4.39 Å². The Balaban J connectivity index is 3.17. The Hall–Kier alpha value is -1.79. The van der Waals surface area contributed by atoms with Crippen LogP contribution in [0.3, 0.4) is 0 Å². The third-order valence-electron chi connectivity index (χ3n) is 1.66. The lowest BCUT2D eigenvalue weighted by molar-refractivity contribution is -0.385. The normalized spacial score (nSPS) is 10.5. The van der Waals surface area contributed by atoms with E-state index in [4.69, 9.17) is 0 Å². The van der Waals surface area contributed by atoms with Gasteiger partial charge in [0.05, 0.1) is 11.0 Å². The molecule has 7 heteroatoms. The number of nitro groups is 1. The standard InChI is InChI=1S/C8H6F3NO3/c1-4-2-5(9)7(15-8(10)11)3-6(4)12(13)14/h2-3,8H,1H3. The fourth-order valence-electron chi connectivity index (χ4n) is 1.03. The number of hydrogen-bond acceptors (Lipinski definition) is 3. The number of nitrogens with zero attached hydrogens (tertiary/aromatic N) is 1. The van der Waals surface area contributed by atoms with Gasteiger partial charge in [0.1, 0.15) is 0 Å².